The van der Waals surface area contributed by atoms with Gasteiger partial charge in [0.1, 0.15) is 0 Å². The molecule has 3 atom stereocenters. The molecule has 3 rings (SSSR count). The van der Waals surface area contributed by atoms with Gasteiger partial charge >= 0.3 is 12.1 Å². The van der Waals surface area contributed by atoms with Gasteiger partial charge in [0.25, 0.3) is 0 Å². The molecule has 0 bridgehead atoms. The number of fused-ring (bicyclic) bond motifs is 1. The predicted octanol–water partition coefficient (Wildman–Crippen LogP) is 2.46. The number of carboxylic acid groups (broad SMARTS) is 1. The lowest BCUT2D eigenvalue weighted by atomic mass is 10.1. The average molecular weight is 382 g/mol. The van der Waals surface area contributed by atoms with E-state index in [4.69, 9.17) is 19.4 Å². The number of alkyl halides is 3. The number of rotatable bonds is 3. The molecule has 1 N–H and O–H groups in total. The van der Waals surface area contributed by atoms with Crippen molar-refractivity contribution in [2.24, 2.45) is 0 Å². The second-order valence-electron chi connectivity index (χ2n) is 5.89. The summed E-state index contributed by atoms with van der Waals surface area (Å²) in [4.78, 5) is 16.0. The molecule has 1 aromatic heterocycles. The van der Waals surface area contributed by atoms with Crippen molar-refractivity contribution < 1.29 is 32.5 Å². The average Bonchev–Trinajstić information content (AvgIpc) is 3.13. The number of ether oxygens (including phenoxy) is 2. The third-order valence-corrected chi connectivity index (χ3v) is 5.05. The molecule has 0 radical (unpaired) electrons. The van der Waals surface area contributed by atoms with Crippen molar-refractivity contribution in [1.82, 2.24) is 9.88 Å². The maximum absolute atomic E-state index is 10.6. The standard InChI is InChI=1S/C13H20N2O2S.C2HF3O2/c1-9-14-10(8-18-9)7-15-5-6-17-13-11(15)3-4-12(13)16-2;3-2(4,5)1(6)7/h8,11-13H,3-7H2,1-2H3;(H,6,7)/t11-,12+,13+;/m0./s1. The van der Waals surface area contributed by atoms with E-state index in [-0.39, 0.29) is 12.2 Å². The quantitative estimate of drug-likeness (QED) is 0.866. The minimum Gasteiger partial charge on any atom is -0.475 e. The van der Waals surface area contributed by atoms with Crippen LogP contribution in [0.25, 0.3) is 0 Å². The van der Waals surface area contributed by atoms with Gasteiger partial charge in [0.15, 0.2) is 0 Å². The molecule has 25 heavy (non-hydrogen) atoms. The molecule has 2 heterocycles. The summed E-state index contributed by atoms with van der Waals surface area (Å²) >= 11 is 1.73. The number of nitrogens with zero attached hydrogens (tertiary/aromatic N) is 2. The summed E-state index contributed by atoms with van der Waals surface area (Å²) in [5.74, 6) is -2.76. The molecule has 0 amide bonds. The molecule has 1 saturated carbocycles. The Balaban J connectivity index is 0.000000277. The van der Waals surface area contributed by atoms with E-state index in [9.17, 15) is 13.2 Å². The molecule has 1 aromatic rings. The zero-order valence-electron chi connectivity index (χ0n) is 14.0. The van der Waals surface area contributed by atoms with E-state index in [1.54, 1.807) is 18.4 Å². The molecule has 1 aliphatic carbocycles. The summed E-state index contributed by atoms with van der Waals surface area (Å²) in [5, 5.41) is 10.4. The lowest BCUT2D eigenvalue weighted by Gasteiger charge is -2.38. The molecular formula is C15H21F3N2O4S. The van der Waals surface area contributed by atoms with E-state index in [1.165, 1.54) is 12.1 Å². The van der Waals surface area contributed by atoms with Crippen molar-refractivity contribution in [3.05, 3.63) is 16.1 Å². The maximum atomic E-state index is 10.6. The van der Waals surface area contributed by atoms with Crippen LogP contribution in [0.5, 0.6) is 0 Å². The van der Waals surface area contributed by atoms with Crippen LogP contribution in [0.15, 0.2) is 5.38 Å². The zero-order valence-corrected chi connectivity index (χ0v) is 14.8. The normalized spacial score (nSPS) is 26.7. The van der Waals surface area contributed by atoms with E-state index in [0.717, 1.165) is 31.1 Å². The lowest BCUT2D eigenvalue weighted by Crippen LogP contribution is -2.51. The second kappa shape index (κ2) is 8.43. The van der Waals surface area contributed by atoms with Gasteiger partial charge < -0.3 is 14.6 Å². The van der Waals surface area contributed by atoms with Crippen molar-refractivity contribution in [3.63, 3.8) is 0 Å². The van der Waals surface area contributed by atoms with Gasteiger partial charge in [-0.2, -0.15) is 13.2 Å². The van der Waals surface area contributed by atoms with Crippen molar-refractivity contribution >= 4 is 17.3 Å². The van der Waals surface area contributed by atoms with Crippen LogP contribution in [0, 0.1) is 6.92 Å². The fourth-order valence-electron chi connectivity index (χ4n) is 3.13. The molecule has 10 heteroatoms. The second-order valence-corrected chi connectivity index (χ2v) is 6.95. The number of morpholine rings is 1. The first-order valence-electron chi connectivity index (χ1n) is 7.82. The van der Waals surface area contributed by atoms with Gasteiger partial charge in [0.05, 0.1) is 29.5 Å². The van der Waals surface area contributed by atoms with Crippen molar-refractivity contribution in [1.29, 1.82) is 0 Å². The fraction of sp³-hybridized carbons (Fsp3) is 0.733. The van der Waals surface area contributed by atoms with Gasteiger partial charge in [-0.05, 0) is 19.8 Å². The predicted molar refractivity (Wildman–Crippen MR) is 84.5 cm³/mol. The Morgan fingerprint density at radius 2 is 2.20 bits per heavy atom. The summed E-state index contributed by atoms with van der Waals surface area (Å²) in [7, 11) is 1.79. The van der Waals surface area contributed by atoms with Crippen LogP contribution in [0.3, 0.4) is 0 Å². The molecule has 142 valence electrons. The number of aromatic nitrogens is 1. The van der Waals surface area contributed by atoms with Crippen LogP contribution < -0.4 is 0 Å². The highest BCUT2D eigenvalue weighted by Gasteiger charge is 2.42. The first-order valence-corrected chi connectivity index (χ1v) is 8.70. The van der Waals surface area contributed by atoms with E-state index < -0.39 is 12.1 Å². The molecule has 1 saturated heterocycles. The summed E-state index contributed by atoms with van der Waals surface area (Å²) in [5.41, 5.74) is 1.19. The Morgan fingerprint density at radius 1 is 1.52 bits per heavy atom. The number of carboxylic acids is 1. The molecule has 2 fully saturated rings. The number of aliphatic carboxylic acids is 1. The van der Waals surface area contributed by atoms with Crippen molar-refractivity contribution in [2.45, 2.75) is 50.7 Å². The maximum Gasteiger partial charge on any atom is 0.490 e. The van der Waals surface area contributed by atoms with Crippen LogP contribution in [0.4, 0.5) is 13.2 Å². The SMILES string of the molecule is CO[C@@H]1CC[C@H]2[C@H]1OCCN2Cc1csc(C)n1.O=C(O)C(F)(F)F. The first-order chi connectivity index (χ1) is 11.7. The largest absolute Gasteiger partial charge is 0.490 e. The van der Waals surface area contributed by atoms with E-state index in [1.807, 2.05) is 0 Å². The highest BCUT2D eigenvalue weighted by molar-refractivity contribution is 7.09. The van der Waals surface area contributed by atoms with Crippen molar-refractivity contribution in [2.75, 3.05) is 20.3 Å². The Morgan fingerprint density at radius 3 is 2.72 bits per heavy atom. The number of hydrogen-bond donors (Lipinski definition) is 1. The summed E-state index contributed by atoms with van der Waals surface area (Å²) in [6.07, 6.45) is -2.27. The topological polar surface area (TPSA) is 71.9 Å². The first kappa shape index (κ1) is 20.1. The Labute approximate surface area is 147 Å². The lowest BCUT2D eigenvalue weighted by molar-refractivity contribution is -0.192. The number of thiazole rings is 1. The number of halogens is 3. The van der Waals surface area contributed by atoms with Gasteiger partial charge in [0.2, 0.25) is 0 Å². The molecule has 2 aliphatic rings. The van der Waals surface area contributed by atoms with Gasteiger partial charge in [-0.1, -0.05) is 0 Å². The highest BCUT2D eigenvalue weighted by Crippen LogP contribution is 2.32. The summed E-state index contributed by atoms with van der Waals surface area (Å²) in [6, 6.07) is 0.505. The molecule has 0 aromatic carbocycles. The van der Waals surface area contributed by atoms with Gasteiger partial charge in [-0.15, -0.1) is 11.3 Å². The van der Waals surface area contributed by atoms with Crippen LogP contribution in [0.2, 0.25) is 0 Å². The van der Waals surface area contributed by atoms with E-state index in [2.05, 4.69) is 22.2 Å². The number of methoxy groups -OCH3 is 1. The van der Waals surface area contributed by atoms with Crippen LogP contribution in [-0.2, 0) is 20.8 Å². The third kappa shape index (κ3) is 5.37. The summed E-state index contributed by atoms with van der Waals surface area (Å²) < 4.78 is 43.1. The smallest absolute Gasteiger partial charge is 0.475 e. The van der Waals surface area contributed by atoms with E-state index >= 15 is 0 Å². The number of carbonyl (C=O) groups is 1. The number of hydrogen-bond acceptors (Lipinski definition) is 6. The fourth-order valence-corrected chi connectivity index (χ4v) is 3.73. The Kier molecular flexibility index (Phi) is 6.78. The number of aryl methyl sites for hydroxylation is 1. The van der Waals surface area contributed by atoms with Crippen molar-refractivity contribution in [3.8, 4) is 0 Å². The highest BCUT2D eigenvalue weighted by atomic mass is 32.1. The van der Waals surface area contributed by atoms with Crippen LogP contribution >= 0.6 is 11.3 Å². The van der Waals surface area contributed by atoms with Gasteiger partial charge in [-0.3, -0.25) is 4.90 Å². The minimum atomic E-state index is -5.08. The third-order valence-electron chi connectivity index (χ3n) is 4.23. The molecular weight excluding hydrogens is 361 g/mol. The van der Waals surface area contributed by atoms with Gasteiger partial charge in [-0.25, -0.2) is 9.78 Å². The Hall–Kier alpha value is -1.23. The molecule has 0 unspecified atom stereocenters. The zero-order chi connectivity index (χ0) is 18.6. The molecule has 6 nitrogen and oxygen atoms in total. The molecule has 0 spiro atoms. The Bertz CT molecular complexity index is 581. The minimum absolute atomic E-state index is 0.253. The van der Waals surface area contributed by atoms with Crippen LogP contribution in [-0.4, -0.2) is 65.6 Å². The molecule has 1 aliphatic heterocycles. The van der Waals surface area contributed by atoms with Gasteiger partial charge in [0, 0.05) is 31.6 Å². The monoisotopic (exact) mass is 382 g/mol. The van der Waals surface area contributed by atoms with Crippen LogP contribution in [0.1, 0.15) is 23.5 Å². The summed E-state index contributed by atoms with van der Waals surface area (Å²) in [6.45, 7) is 4.83. The van der Waals surface area contributed by atoms with E-state index in [0.29, 0.717) is 6.04 Å².